The zero-order chi connectivity index (χ0) is 20.6. The van der Waals surface area contributed by atoms with Gasteiger partial charge in [-0.05, 0) is 25.0 Å². The molecule has 2 aromatic rings. The van der Waals surface area contributed by atoms with Crippen LogP contribution in [0.25, 0.3) is 0 Å². The molecule has 1 aromatic carbocycles. The number of hydrogen-bond acceptors (Lipinski definition) is 8. The summed E-state index contributed by atoms with van der Waals surface area (Å²) in [7, 11) is 3.18. The van der Waals surface area contributed by atoms with Crippen molar-refractivity contribution in [3.05, 3.63) is 36.2 Å². The zero-order valence-corrected chi connectivity index (χ0v) is 17.3. The molecule has 1 aliphatic rings. The number of hydrogen-bond donors (Lipinski definition) is 2. The first-order valence-electron chi connectivity index (χ1n) is 9.96. The highest BCUT2D eigenvalue weighted by molar-refractivity contribution is 5.45. The lowest BCUT2D eigenvalue weighted by Crippen LogP contribution is -2.48. The van der Waals surface area contributed by atoms with Gasteiger partial charge in [0.15, 0.2) is 11.5 Å². The maximum Gasteiger partial charge on any atom is 0.222 e. The highest BCUT2D eigenvalue weighted by atomic mass is 16.5. The summed E-state index contributed by atoms with van der Waals surface area (Å²) in [5.74, 6) is 2.56. The Morgan fingerprint density at radius 1 is 1.17 bits per heavy atom. The van der Waals surface area contributed by atoms with Gasteiger partial charge >= 0.3 is 0 Å². The number of rotatable bonds is 9. The molecule has 0 radical (unpaired) electrons. The highest BCUT2D eigenvalue weighted by Gasteiger charge is 2.29. The molecule has 158 valence electrons. The summed E-state index contributed by atoms with van der Waals surface area (Å²) < 4.78 is 16.6. The van der Waals surface area contributed by atoms with Gasteiger partial charge in [0.1, 0.15) is 18.0 Å². The lowest BCUT2D eigenvalue weighted by Gasteiger charge is -2.35. The van der Waals surface area contributed by atoms with E-state index in [2.05, 4.69) is 27.1 Å². The maximum absolute atomic E-state index is 10.6. The number of likely N-dealkylation sites (tertiary alicyclic amines) is 1. The number of nitrogens with one attached hydrogen (secondary N) is 1. The molecular weight excluding hydrogens is 372 g/mol. The van der Waals surface area contributed by atoms with Crippen molar-refractivity contribution >= 4 is 5.95 Å². The Morgan fingerprint density at radius 2 is 1.93 bits per heavy atom. The van der Waals surface area contributed by atoms with Gasteiger partial charge in [-0.25, -0.2) is 9.97 Å². The number of ether oxygens (including phenoxy) is 3. The first-order valence-corrected chi connectivity index (χ1v) is 9.96. The fraction of sp³-hybridized carbons (Fsp3) is 0.524. The molecule has 0 unspecified atom stereocenters. The number of piperidine rings is 1. The Bertz CT molecular complexity index is 772. The van der Waals surface area contributed by atoms with E-state index >= 15 is 0 Å². The van der Waals surface area contributed by atoms with E-state index in [4.69, 9.17) is 14.2 Å². The molecule has 1 fully saturated rings. The van der Waals surface area contributed by atoms with E-state index in [1.165, 1.54) is 0 Å². The molecule has 0 saturated carbocycles. The number of aliphatic hydroxyl groups is 1. The topological polar surface area (TPSA) is 89.0 Å². The molecule has 2 atom stereocenters. The molecule has 0 aliphatic carbocycles. The standard InChI is InChI=1S/C21H30N4O4/c1-4-8-22-21-23-11-15(12-24-21)13-25-9-7-18(17(26)14-25)29-16-5-6-19(27-2)20(10-16)28-3/h5-6,10-12,17-18,26H,4,7-9,13-14H2,1-3H3,(H,22,23,24)/t17-,18-/m1/s1. The van der Waals surface area contributed by atoms with Crippen LogP contribution in [0.3, 0.4) is 0 Å². The summed E-state index contributed by atoms with van der Waals surface area (Å²) in [6, 6.07) is 5.41. The number of nitrogens with zero attached hydrogens (tertiary/aromatic N) is 3. The second-order valence-corrected chi connectivity index (χ2v) is 7.11. The molecule has 1 saturated heterocycles. The molecule has 29 heavy (non-hydrogen) atoms. The van der Waals surface area contributed by atoms with Crippen molar-refractivity contribution in [3.8, 4) is 17.2 Å². The van der Waals surface area contributed by atoms with E-state index in [0.717, 1.165) is 31.5 Å². The molecule has 2 N–H and O–H groups in total. The normalized spacial score (nSPS) is 19.6. The lowest BCUT2D eigenvalue weighted by atomic mass is 10.0. The summed E-state index contributed by atoms with van der Waals surface area (Å²) in [5, 5.41) is 13.8. The second-order valence-electron chi connectivity index (χ2n) is 7.11. The Morgan fingerprint density at radius 3 is 2.59 bits per heavy atom. The highest BCUT2D eigenvalue weighted by Crippen LogP contribution is 2.32. The third-order valence-corrected chi connectivity index (χ3v) is 4.89. The first kappa shape index (κ1) is 21.1. The van der Waals surface area contributed by atoms with Crippen LogP contribution >= 0.6 is 0 Å². The third kappa shape index (κ3) is 5.71. The van der Waals surface area contributed by atoms with E-state index in [0.29, 0.717) is 36.3 Å². The first-order chi connectivity index (χ1) is 14.1. The minimum Gasteiger partial charge on any atom is -0.493 e. The lowest BCUT2D eigenvalue weighted by molar-refractivity contribution is -0.0276. The number of aliphatic hydroxyl groups excluding tert-OH is 1. The minimum absolute atomic E-state index is 0.263. The average molecular weight is 402 g/mol. The van der Waals surface area contributed by atoms with Crippen molar-refractivity contribution in [2.45, 2.75) is 38.5 Å². The van der Waals surface area contributed by atoms with Crippen molar-refractivity contribution in [2.24, 2.45) is 0 Å². The molecule has 8 heteroatoms. The third-order valence-electron chi connectivity index (χ3n) is 4.89. The molecule has 0 spiro atoms. The van der Waals surface area contributed by atoms with E-state index in [1.54, 1.807) is 26.4 Å². The van der Waals surface area contributed by atoms with Gasteiger partial charge in [-0.1, -0.05) is 6.92 Å². The van der Waals surface area contributed by atoms with E-state index in [1.807, 2.05) is 18.5 Å². The van der Waals surface area contributed by atoms with Crippen LogP contribution < -0.4 is 19.5 Å². The van der Waals surface area contributed by atoms with Crippen LogP contribution in [0.2, 0.25) is 0 Å². The molecule has 0 bridgehead atoms. The van der Waals surface area contributed by atoms with Crippen LogP contribution in [0, 0.1) is 0 Å². The quantitative estimate of drug-likeness (QED) is 0.661. The van der Waals surface area contributed by atoms with Gasteiger partial charge in [0, 0.05) is 50.2 Å². The van der Waals surface area contributed by atoms with Gasteiger partial charge in [0.25, 0.3) is 0 Å². The number of benzene rings is 1. The monoisotopic (exact) mass is 402 g/mol. The summed E-state index contributed by atoms with van der Waals surface area (Å²) in [6.45, 7) is 5.02. The predicted molar refractivity (Wildman–Crippen MR) is 111 cm³/mol. The fourth-order valence-electron chi connectivity index (χ4n) is 3.34. The van der Waals surface area contributed by atoms with Gasteiger partial charge < -0.3 is 24.6 Å². The van der Waals surface area contributed by atoms with Crippen LogP contribution in [-0.4, -0.2) is 66.0 Å². The van der Waals surface area contributed by atoms with Crippen LogP contribution in [0.15, 0.2) is 30.6 Å². The molecule has 1 aliphatic heterocycles. The fourth-order valence-corrected chi connectivity index (χ4v) is 3.34. The van der Waals surface area contributed by atoms with Crippen molar-refractivity contribution in [2.75, 3.05) is 39.2 Å². The number of anilines is 1. The van der Waals surface area contributed by atoms with Crippen LogP contribution in [0.5, 0.6) is 17.2 Å². The van der Waals surface area contributed by atoms with Crippen LogP contribution in [0.1, 0.15) is 25.3 Å². The molecule has 1 aromatic heterocycles. The van der Waals surface area contributed by atoms with Gasteiger partial charge in [-0.15, -0.1) is 0 Å². The van der Waals surface area contributed by atoms with Crippen LogP contribution in [-0.2, 0) is 6.54 Å². The predicted octanol–water partition coefficient (Wildman–Crippen LogP) is 2.33. The minimum atomic E-state index is -0.580. The summed E-state index contributed by atoms with van der Waals surface area (Å²) in [6.07, 6.45) is 4.59. The SMILES string of the molecule is CCCNc1ncc(CN2CC[C@@H](Oc3ccc(OC)c(OC)c3)[C@H](O)C2)cn1. The van der Waals surface area contributed by atoms with E-state index in [9.17, 15) is 5.11 Å². The van der Waals surface area contributed by atoms with Crippen molar-refractivity contribution in [3.63, 3.8) is 0 Å². The molecular formula is C21H30N4O4. The number of β-amino-alcohol motifs (C(OH)–C–C–N with tert-alkyl or cyclic N) is 1. The number of aromatic nitrogens is 2. The summed E-state index contributed by atoms with van der Waals surface area (Å²) >= 11 is 0. The van der Waals surface area contributed by atoms with Gasteiger partial charge in [0.2, 0.25) is 5.95 Å². The zero-order valence-electron chi connectivity index (χ0n) is 17.3. The average Bonchev–Trinajstić information content (AvgIpc) is 2.75. The Balaban J connectivity index is 1.52. The second kappa shape index (κ2) is 10.3. The van der Waals surface area contributed by atoms with Crippen LogP contribution in [0.4, 0.5) is 5.95 Å². The van der Waals surface area contributed by atoms with Gasteiger partial charge in [0.05, 0.1) is 14.2 Å². The van der Waals surface area contributed by atoms with Crippen molar-refractivity contribution in [1.29, 1.82) is 0 Å². The van der Waals surface area contributed by atoms with E-state index < -0.39 is 6.10 Å². The Kier molecular flexibility index (Phi) is 7.48. The largest absolute Gasteiger partial charge is 0.493 e. The molecule has 3 rings (SSSR count). The van der Waals surface area contributed by atoms with Gasteiger partial charge in [-0.2, -0.15) is 0 Å². The summed E-state index contributed by atoms with van der Waals surface area (Å²) in [4.78, 5) is 10.9. The Hall–Kier alpha value is -2.58. The van der Waals surface area contributed by atoms with Crippen molar-refractivity contribution < 1.29 is 19.3 Å². The molecule has 8 nitrogen and oxygen atoms in total. The smallest absolute Gasteiger partial charge is 0.222 e. The molecule has 0 amide bonds. The van der Waals surface area contributed by atoms with E-state index in [-0.39, 0.29) is 6.10 Å². The Labute approximate surface area is 171 Å². The van der Waals surface area contributed by atoms with Gasteiger partial charge in [-0.3, -0.25) is 4.90 Å². The summed E-state index contributed by atoms with van der Waals surface area (Å²) in [5.41, 5.74) is 1.03. The van der Waals surface area contributed by atoms with Crippen molar-refractivity contribution in [1.82, 2.24) is 14.9 Å². The number of methoxy groups -OCH3 is 2. The molecule has 2 heterocycles. The maximum atomic E-state index is 10.6.